The molecule has 0 aliphatic rings. The SMILES string of the molecule is COc1ccc(CC(c2nccc3c(C)c(C)[nH]c23)N(C)c2ccc(F)cc2)cc1. The molecule has 2 aromatic carbocycles. The minimum atomic E-state index is -0.241. The first kappa shape index (κ1) is 20.0. The maximum atomic E-state index is 13.5. The molecule has 5 heteroatoms. The number of nitrogens with zero attached hydrogens (tertiary/aromatic N) is 2. The summed E-state index contributed by atoms with van der Waals surface area (Å²) in [7, 11) is 3.70. The number of hydrogen-bond donors (Lipinski definition) is 1. The standard InChI is InChI=1S/C25H26FN3O/c1-16-17(2)28-24-22(16)13-14-27-25(24)23(15-18-5-11-21(30-4)12-6-18)29(3)20-9-7-19(26)8-10-20/h5-14,23,28H,15H2,1-4H3. The second-order valence-electron chi connectivity index (χ2n) is 7.65. The summed E-state index contributed by atoms with van der Waals surface area (Å²) in [6.07, 6.45) is 2.62. The number of H-pyrrole nitrogens is 1. The van der Waals surface area contributed by atoms with Crippen molar-refractivity contribution in [2.75, 3.05) is 19.1 Å². The number of aryl methyl sites for hydroxylation is 2. The molecule has 4 nitrogen and oxygen atoms in total. The first-order chi connectivity index (χ1) is 14.5. The van der Waals surface area contributed by atoms with Gasteiger partial charge < -0.3 is 14.6 Å². The van der Waals surface area contributed by atoms with Gasteiger partial charge >= 0.3 is 0 Å². The summed E-state index contributed by atoms with van der Waals surface area (Å²) in [4.78, 5) is 10.5. The fourth-order valence-electron chi connectivity index (χ4n) is 3.92. The molecule has 0 aliphatic heterocycles. The molecule has 4 rings (SSSR count). The summed E-state index contributed by atoms with van der Waals surface area (Å²) >= 11 is 0. The normalized spacial score (nSPS) is 12.2. The Morgan fingerprint density at radius 3 is 2.40 bits per heavy atom. The minimum Gasteiger partial charge on any atom is -0.497 e. The van der Waals surface area contributed by atoms with Crippen molar-refractivity contribution in [3.8, 4) is 5.75 Å². The summed E-state index contributed by atoms with van der Waals surface area (Å²) in [6.45, 7) is 4.21. The van der Waals surface area contributed by atoms with Crippen molar-refractivity contribution in [3.63, 3.8) is 0 Å². The van der Waals surface area contributed by atoms with Gasteiger partial charge in [-0.25, -0.2) is 4.39 Å². The molecule has 0 fully saturated rings. The molecule has 1 atom stereocenters. The van der Waals surface area contributed by atoms with Crippen LogP contribution >= 0.6 is 0 Å². The lowest BCUT2D eigenvalue weighted by Crippen LogP contribution is -2.27. The van der Waals surface area contributed by atoms with Crippen LogP contribution in [-0.4, -0.2) is 24.1 Å². The third-order valence-electron chi connectivity index (χ3n) is 5.86. The van der Waals surface area contributed by atoms with E-state index in [4.69, 9.17) is 9.72 Å². The van der Waals surface area contributed by atoms with Crippen molar-refractivity contribution in [2.45, 2.75) is 26.3 Å². The number of aromatic amines is 1. The Balaban J connectivity index is 1.80. The highest BCUT2D eigenvalue weighted by atomic mass is 19.1. The zero-order chi connectivity index (χ0) is 21.3. The van der Waals surface area contributed by atoms with Crippen LogP contribution < -0.4 is 9.64 Å². The number of benzene rings is 2. The lowest BCUT2D eigenvalue weighted by molar-refractivity contribution is 0.414. The third-order valence-corrected chi connectivity index (χ3v) is 5.86. The van der Waals surface area contributed by atoms with Crippen LogP contribution in [0.5, 0.6) is 5.75 Å². The number of hydrogen-bond acceptors (Lipinski definition) is 3. The highest BCUT2D eigenvalue weighted by Gasteiger charge is 2.23. The second kappa shape index (κ2) is 8.19. The van der Waals surface area contributed by atoms with E-state index in [2.05, 4.69) is 41.9 Å². The topological polar surface area (TPSA) is 41.1 Å². The summed E-state index contributed by atoms with van der Waals surface area (Å²) in [5.41, 5.74) is 6.53. The Bertz CT molecular complexity index is 1150. The Labute approximate surface area is 176 Å². The van der Waals surface area contributed by atoms with E-state index in [1.54, 1.807) is 7.11 Å². The van der Waals surface area contributed by atoms with E-state index in [0.29, 0.717) is 0 Å². The number of fused-ring (bicyclic) bond motifs is 1. The maximum absolute atomic E-state index is 13.5. The van der Waals surface area contributed by atoms with E-state index in [-0.39, 0.29) is 11.9 Å². The van der Waals surface area contributed by atoms with Gasteiger partial charge in [0.25, 0.3) is 0 Å². The molecule has 0 saturated carbocycles. The van der Waals surface area contributed by atoms with Gasteiger partial charge in [0.15, 0.2) is 0 Å². The molecule has 0 radical (unpaired) electrons. The Morgan fingerprint density at radius 1 is 1.03 bits per heavy atom. The molecule has 0 aliphatic carbocycles. The molecule has 0 spiro atoms. The Morgan fingerprint density at radius 2 is 1.73 bits per heavy atom. The predicted molar refractivity (Wildman–Crippen MR) is 120 cm³/mol. The van der Waals surface area contributed by atoms with Crippen molar-refractivity contribution < 1.29 is 9.13 Å². The average Bonchev–Trinajstić information content (AvgIpc) is 3.06. The van der Waals surface area contributed by atoms with Crippen LogP contribution in [0.4, 0.5) is 10.1 Å². The van der Waals surface area contributed by atoms with Gasteiger partial charge in [0.2, 0.25) is 0 Å². The summed E-state index contributed by atoms with van der Waals surface area (Å²) in [5, 5.41) is 1.18. The maximum Gasteiger partial charge on any atom is 0.123 e. The molecule has 154 valence electrons. The van der Waals surface area contributed by atoms with Crippen molar-refractivity contribution in [1.29, 1.82) is 0 Å². The van der Waals surface area contributed by atoms with Gasteiger partial charge in [0.05, 0.1) is 24.4 Å². The van der Waals surface area contributed by atoms with Crippen LogP contribution in [-0.2, 0) is 6.42 Å². The molecular formula is C25H26FN3O. The summed E-state index contributed by atoms with van der Waals surface area (Å²) in [5.74, 6) is 0.590. The average molecular weight is 404 g/mol. The number of likely N-dealkylation sites (N-methyl/N-ethyl adjacent to an activating group) is 1. The monoisotopic (exact) mass is 403 g/mol. The number of anilines is 1. The molecule has 1 N–H and O–H groups in total. The highest BCUT2D eigenvalue weighted by Crippen LogP contribution is 2.33. The molecular weight excluding hydrogens is 377 g/mol. The molecule has 2 heterocycles. The number of rotatable bonds is 6. The first-order valence-electron chi connectivity index (χ1n) is 10.0. The number of methoxy groups -OCH3 is 1. The van der Waals surface area contributed by atoms with Crippen LogP contribution in [0.25, 0.3) is 10.9 Å². The smallest absolute Gasteiger partial charge is 0.123 e. The molecule has 4 aromatic rings. The van der Waals surface area contributed by atoms with E-state index < -0.39 is 0 Å². The van der Waals surface area contributed by atoms with E-state index >= 15 is 0 Å². The highest BCUT2D eigenvalue weighted by molar-refractivity contribution is 5.86. The molecule has 1 unspecified atom stereocenters. The van der Waals surface area contributed by atoms with Crippen LogP contribution in [0.3, 0.4) is 0 Å². The van der Waals surface area contributed by atoms with Crippen molar-refractivity contribution >= 4 is 16.6 Å². The number of nitrogens with one attached hydrogen (secondary N) is 1. The van der Waals surface area contributed by atoms with Crippen LogP contribution in [0.15, 0.2) is 60.8 Å². The molecule has 0 saturated heterocycles. The van der Waals surface area contributed by atoms with Crippen molar-refractivity contribution in [1.82, 2.24) is 9.97 Å². The van der Waals surface area contributed by atoms with Gasteiger partial charge in [-0.2, -0.15) is 0 Å². The van der Waals surface area contributed by atoms with Gasteiger partial charge in [0, 0.05) is 30.0 Å². The van der Waals surface area contributed by atoms with Gasteiger partial charge in [-0.1, -0.05) is 12.1 Å². The van der Waals surface area contributed by atoms with Crippen LogP contribution in [0.2, 0.25) is 0 Å². The molecule has 0 bridgehead atoms. The lowest BCUT2D eigenvalue weighted by Gasteiger charge is -2.30. The van der Waals surface area contributed by atoms with Gasteiger partial charge in [-0.3, -0.25) is 4.98 Å². The predicted octanol–water partition coefficient (Wildman–Crippen LogP) is 5.75. The van der Waals surface area contributed by atoms with Crippen molar-refractivity contribution in [2.24, 2.45) is 0 Å². The van der Waals surface area contributed by atoms with E-state index in [0.717, 1.165) is 34.8 Å². The van der Waals surface area contributed by atoms with Gasteiger partial charge in [0.1, 0.15) is 11.6 Å². The molecule has 30 heavy (non-hydrogen) atoms. The first-order valence-corrected chi connectivity index (χ1v) is 10.0. The summed E-state index contributed by atoms with van der Waals surface area (Å²) < 4.78 is 18.8. The number of pyridine rings is 1. The van der Waals surface area contributed by atoms with E-state index in [1.807, 2.05) is 37.5 Å². The van der Waals surface area contributed by atoms with Gasteiger partial charge in [-0.05, 0) is 73.9 Å². The van der Waals surface area contributed by atoms with E-state index in [1.165, 1.54) is 28.6 Å². The minimum absolute atomic E-state index is 0.0370. The number of halogens is 1. The number of ether oxygens (including phenoxy) is 1. The Kier molecular flexibility index (Phi) is 5.44. The molecule has 0 amide bonds. The van der Waals surface area contributed by atoms with E-state index in [9.17, 15) is 4.39 Å². The largest absolute Gasteiger partial charge is 0.497 e. The Hall–Kier alpha value is -3.34. The van der Waals surface area contributed by atoms with Crippen LogP contribution in [0, 0.1) is 19.7 Å². The lowest BCUT2D eigenvalue weighted by atomic mass is 9.99. The fraction of sp³-hybridized carbons (Fsp3) is 0.240. The quantitative estimate of drug-likeness (QED) is 0.446. The number of aromatic nitrogens is 2. The summed E-state index contributed by atoms with van der Waals surface area (Å²) in [6, 6.07) is 16.7. The van der Waals surface area contributed by atoms with Gasteiger partial charge in [-0.15, -0.1) is 0 Å². The third kappa shape index (κ3) is 3.75. The fourth-order valence-corrected chi connectivity index (χ4v) is 3.92. The zero-order valence-corrected chi connectivity index (χ0v) is 17.7. The van der Waals surface area contributed by atoms with Crippen LogP contribution in [0.1, 0.15) is 28.6 Å². The second-order valence-corrected chi connectivity index (χ2v) is 7.65. The van der Waals surface area contributed by atoms with Crippen molar-refractivity contribution in [3.05, 3.63) is 89.1 Å². The molecule has 2 aromatic heterocycles. The zero-order valence-electron chi connectivity index (χ0n) is 17.7.